The molecule has 5 aromatic rings. The van der Waals surface area contributed by atoms with E-state index in [0.717, 1.165) is 27.1 Å². The van der Waals surface area contributed by atoms with Crippen LogP contribution in [0.5, 0.6) is 0 Å². The lowest BCUT2D eigenvalue weighted by Crippen LogP contribution is -2.39. The van der Waals surface area contributed by atoms with Crippen LogP contribution in [0.25, 0.3) is 33.9 Å². The number of hydrogen-bond acceptors (Lipinski definition) is 4. The van der Waals surface area contributed by atoms with Crippen LogP contribution >= 0.6 is 11.6 Å². The molecule has 0 bridgehead atoms. The Morgan fingerprint density at radius 2 is 1.85 bits per heavy atom. The molecule has 0 saturated heterocycles. The molecule has 9 heteroatoms. The average molecular weight is 464 g/mol. The minimum absolute atomic E-state index is 0.113. The van der Waals surface area contributed by atoms with Gasteiger partial charge in [-0.1, -0.05) is 48.0 Å². The van der Waals surface area contributed by atoms with Crippen molar-refractivity contribution in [3.05, 3.63) is 86.2 Å². The summed E-state index contributed by atoms with van der Waals surface area (Å²) in [6.07, 6.45) is 2.17. The molecule has 0 atom stereocenters. The van der Waals surface area contributed by atoms with Crippen LogP contribution in [0.3, 0.4) is 0 Å². The standard InChI is InChI=1S/C24H22ClN5O3/c1-15-9-10-17(25)13-18(15)30-19(16-7-4-3-5-8-16)14-29-20-21(26-23(29)30)27(2)24(33)28(22(20)32)11-6-12-31/h3-5,7-10,13-14,31H,6,11-12H2,1-2H3. The first-order valence-corrected chi connectivity index (χ1v) is 11.0. The number of aromatic nitrogens is 5. The average Bonchev–Trinajstić information content (AvgIpc) is 3.36. The van der Waals surface area contributed by atoms with Gasteiger partial charge in [0.05, 0.1) is 11.4 Å². The second-order valence-electron chi connectivity index (χ2n) is 7.98. The normalized spacial score (nSPS) is 11.6. The van der Waals surface area contributed by atoms with Crippen LogP contribution in [0.4, 0.5) is 0 Å². The zero-order valence-electron chi connectivity index (χ0n) is 18.2. The molecule has 168 valence electrons. The van der Waals surface area contributed by atoms with Crippen LogP contribution < -0.4 is 11.2 Å². The van der Waals surface area contributed by atoms with Gasteiger partial charge in [0.2, 0.25) is 5.78 Å². The van der Waals surface area contributed by atoms with Crippen molar-refractivity contribution in [3.63, 3.8) is 0 Å². The summed E-state index contributed by atoms with van der Waals surface area (Å²) in [6.45, 7) is 2.00. The molecule has 3 aromatic heterocycles. The monoisotopic (exact) mass is 463 g/mol. The van der Waals surface area contributed by atoms with Crippen molar-refractivity contribution in [2.45, 2.75) is 19.9 Å². The van der Waals surface area contributed by atoms with Crippen LogP contribution in [0.1, 0.15) is 12.0 Å². The zero-order chi connectivity index (χ0) is 23.3. The number of aryl methyl sites for hydroxylation is 2. The molecule has 0 amide bonds. The largest absolute Gasteiger partial charge is 0.396 e. The number of nitrogens with zero attached hydrogens (tertiary/aromatic N) is 5. The predicted octanol–water partition coefficient (Wildman–Crippen LogP) is 3.15. The molecule has 33 heavy (non-hydrogen) atoms. The summed E-state index contributed by atoms with van der Waals surface area (Å²) in [5, 5.41) is 9.79. The lowest BCUT2D eigenvalue weighted by Gasteiger charge is -2.12. The fourth-order valence-corrected chi connectivity index (χ4v) is 4.36. The molecule has 0 fully saturated rings. The molecule has 0 spiro atoms. The fourth-order valence-electron chi connectivity index (χ4n) is 4.20. The van der Waals surface area contributed by atoms with Gasteiger partial charge in [-0.25, -0.2) is 4.79 Å². The van der Waals surface area contributed by atoms with Gasteiger partial charge < -0.3 is 5.11 Å². The number of aliphatic hydroxyl groups excluding tert-OH is 1. The lowest BCUT2D eigenvalue weighted by molar-refractivity contribution is 0.277. The van der Waals surface area contributed by atoms with Crippen LogP contribution in [-0.4, -0.2) is 34.8 Å². The Hall–Kier alpha value is -3.62. The van der Waals surface area contributed by atoms with Gasteiger partial charge in [-0.2, -0.15) is 4.98 Å². The highest BCUT2D eigenvalue weighted by molar-refractivity contribution is 6.30. The minimum atomic E-state index is -0.463. The summed E-state index contributed by atoms with van der Waals surface area (Å²) in [6, 6.07) is 15.4. The van der Waals surface area contributed by atoms with Crippen LogP contribution in [0.15, 0.2) is 64.3 Å². The molecule has 1 N–H and O–H groups in total. The maximum atomic E-state index is 13.4. The van der Waals surface area contributed by atoms with Gasteiger partial charge in [-0.3, -0.25) is 22.9 Å². The topological polar surface area (TPSA) is 86.5 Å². The molecule has 3 heterocycles. The summed E-state index contributed by atoms with van der Waals surface area (Å²) in [5.74, 6) is 0.501. The maximum Gasteiger partial charge on any atom is 0.332 e. The van der Waals surface area contributed by atoms with Crippen molar-refractivity contribution in [1.29, 1.82) is 0 Å². The molecule has 5 rings (SSSR count). The first-order valence-electron chi connectivity index (χ1n) is 10.6. The van der Waals surface area contributed by atoms with Crippen LogP contribution in [0, 0.1) is 6.92 Å². The number of hydrogen-bond donors (Lipinski definition) is 1. The molecular formula is C24H22ClN5O3. The molecular weight excluding hydrogens is 442 g/mol. The molecule has 0 aliphatic rings. The molecule has 0 unspecified atom stereocenters. The Balaban J connectivity index is 1.94. The Morgan fingerprint density at radius 3 is 2.58 bits per heavy atom. The van der Waals surface area contributed by atoms with E-state index >= 15 is 0 Å². The lowest BCUT2D eigenvalue weighted by atomic mass is 10.1. The molecule has 8 nitrogen and oxygen atoms in total. The van der Waals surface area contributed by atoms with Crippen molar-refractivity contribution >= 4 is 28.5 Å². The molecule has 0 saturated carbocycles. The molecule has 0 radical (unpaired) electrons. The molecule has 0 aliphatic heterocycles. The van der Waals surface area contributed by atoms with E-state index in [0.29, 0.717) is 28.4 Å². The SMILES string of the molecule is Cc1ccc(Cl)cc1-n1c(-c2ccccc2)cn2c3c(=O)n(CCCO)c(=O)n(C)c3nc12. The highest BCUT2D eigenvalue weighted by atomic mass is 35.5. The van der Waals surface area contributed by atoms with E-state index in [-0.39, 0.29) is 13.2 Å². The van der Waals surface area contributed by atoms with Gasteiger partial charge in [-0.15, -0.1) is 0 Å². The smallest absolute Gasteiger partial charge is 0.332 e. The van der Waals surface area contributed by atoms with Crippen molar-refractivity contribution in [1.82, 2.24) is 23.1 Å². The van der Waals surface area contributed by atoms with Gasteiger partial charge in [0.1, 0.15) is 0 Å². The van der Waals surface area contributed by atoms with E-state index in [4.69, 9.17) is 16.6 Å². The van der Waals surface area contributed by atoms with Crippen molar-refractivity contribution in [3.8, 4) is 16.9 Å². The number of imidazole rings is 2. The van der Waals surface area contributed by atoms with Gasteiger partial charge in [-0.05, 0) is 31.0 Å². The number of benzene rings is 2. The maximum absolute atomic E-state index is 13.4. The van der Waals surface area contributed by atoms with Gasteiger partial charge in [0, 0.05) is 37.0 Å². The quantitative estimate of drug-likeness (QED) is 0.434. The van der Waals surface area contributed by atoms with Crippen molar-refractivity contribution < 1.29 is 5.11 Å². The third kappa shape index (κ3) is 3.30. The van der Waals surface area contributed by atoms with Crippen LogP contribution in [0.2, 0.25) is 5.02 Å². The summed E-state index contributed by atoms with van der Waals surface area (Å²) < 4.78 is 6.21. The summed E-state index contributed by atoms with van der Waals surface area (Å²) in [5.41, 5.74) is 3.30. The predicted molar refractivity (Wildman–Crippen MR) is 128 cm³/mol. The number of aliphatic hydroxyl groups is 1. The number of halogens is 1. The molecule has 2 aromatic carbocycles. The third-order valence-corrected chi connectivity index (χ3v) is 6.11. The van der Waals surface area contributed by atoms with Crippen molar-refractivity contribution in [2.24, 2.45) is 7.05 Å². The minimum Gasteiger partial charge on any atom is -0.396 e. The summed E-state index contributed by atoms with van der Waals surface area (Å²) in [4.78, 5) is 30.9. The summed E-state index contributed by atoms with van der Waals surface area (Å²) in [7, 11) is 1.60. The second-order valence-corrected chi connectivity index (χ2v) is 8.41. The Kier molecular flexibility index (Phi) is 5.19. The summed E-state index contributed by atoms with van der Waals surface area (Å²) >= 11 is 6.34. The third-order valence-electron chi connectivity index (χ3n) is 5.87. The van der Waals surface area contributed by atoms with Gasteiger partial charge >= 0.3 is 5.69 Å². The van der Waals surface area contributed by atoms with E-state index in [1.807, 2.05) is 66.2 Å². The van der Waals surface area contributed by atoms with E-state index in [1.165, 1.54) is 4.57 Å². The number of fused-ring (bicyclic) bond motifs is 3. The molecule has 0 aliphatic carbocycles. The Morgan fingerprint density at radius 1 is 1.09 bits per heavy atom. The highest BCUT2D eigenvalue weighted by Crippen LogP contribution is 2.31. The first kappa shape index (κ1) is 21.2. The van der Waals surface area contributed by atoms with Crippen LogP contribution in [-0.2, 0) is 13.6 Å². The zero-order valence-corrected chi connectivity index (χ0v) is 19.0. The van der Waals surface area contributed by atoms with E-state index in [2.05, 4.69) is 0 Å². The Bertz CT molecular complexity index is 1630. The number of rotatable bonds is 5. The van der Waals surface area contributed by atoms with E-state index < -0.39 is 11.2 Å². The van der Waals surface area contributed by atoms with E-state index in [1.54, 1.807) is 11.4 Å². The van der Waals surface area contributed by atoms with Gasteiger partial charge in [0.25, 0.3) is 5.56 Å². The van der Waals surface area contributed by atoms with E-state index in [9.17, 15) is 14.7 Å². The fraction of sp³-hybridized carbons (Fsp3) is 0.208. The Labute approximate surface area is 193 Å². The highest BCUT2D eigenvalue weighted by Gasteiger charge is 2.23. The van der Waals surface area contributed by atoms with Gasteiger partial charge in [0.15, 0.2) is 11.2 Å². The first-order chi connectivity index (χ1) is 15.9. The van der Waals surface area contributed by atoms with Crippen molar-refractivity contribution in [2.75, 3.05) is 6.61 Å². The second kappa shape index (κ2) is 8.06.